The molecular formula is C45H83O8P. The zero-order valence-electron chi connectivity index (χ0n) is 34.9. The molecule has 0 amide bonds. The number of hydrogen-bond donors (Lipinski definition) is 2. The second-order valence-corrected chi connectivity index (χ2v) is 16.3. The molecule has 0 aromatic rings. The van der Waals surface area contributed by atoms with Crippen LogP contribution in [0.3, 0.4) is 0 Å². The summed E-state index contributed by atoms with van der Waals surface area (Å²) < 4.78 is 26.4. The number of ether oxygens (including phenoxy) is 2. The number of carbonyl (C=O) groups excluding carboxylic acids is 2. The molecular weight excluding hydrogens is 699 g/mol. The van der Waals surface area contributed by atoms with Crippen LogP contribution in [0.25, 0.3) is 0 Å². The van der Waals surface area contributed by atoms with Crippen molar-refractivity contribution in [3.8, 4) is 0 Å². The van der Waals surface area contributed by atoms with Crippen LogP contribution in [0.15, 0.2) is 36.5 Å². The van der Waals surface area contributed by atoms with Crippen molar-refractivity contribution in [2.45, 2.75) is 225 Å². The molecule has 0 bridgehead atoms. The predicted molar refractivity (Wildman–Crippen MR) is 225 cm³/mol. The van der Waals surface area contributed by atoms with E-state index >= 15 is 0 Å². The van der Waals surface area contributed by atoms with Gasteiger partial charge in [0.25, 0.3) is 0 Å². The predicted octanol–water partition coefficient (Wildman–Crippen LogP) is 13.7. The second kappa shape index (κ2) is 40.9. The van der Waals surface area contributed by atoms with Crippen LogP contribution >= 0.6 is 7.82 Å². The summed E-state index contributed by atoms with van der Waals surface area (Å²) in [5.74, 6) is -0.902. The Morgan fingerprint density at radius 3 is 1.28 bits per heavy atom. The van der Waals surface area contributed by atoms with Gasteiger partial charge in [0, 0.05) is 12.8 Å². The largest absolute Gasteiger partial charge is 0.469 e. The van der Waals surface area contributed by atoms with Gasteiger partial charge in [0.2, 0.25) is 0 Å². The molecule has 316 valence electrons. The monoisotopic (exact) mass is 783 g/mol. The lowest BCUT2D eigenvalue weighted by Crippen LogP contribution is -2.29. The van der Waals surface area contributed by atoms with Gasteiger partial charge in [-0.1, -0.05) is 192 Å². The van der Waals surface area contributed by atoms with Gasteiger partial charge in [0.05, 0.1) is 6.61 Å². The smallest absolute Gasteiger partial charge is 0.462 e. The molecule has 0 radical (unpaired) electrons. The number of phosphoric acid groups is 1. The quantitative estimate of drug-likeness (QED) is 0.0272. The summed E-state index contributed by atoms with van der Waals surface area (Å²) in [5, 5.41) is 0. The Morgan fingerprint density at radius 2 is 0.833 bits per heavy atom. The zero-order valence-corrected chi connectivity index (χ0v) is 35.8. The highest BCUT2D eigenvalue weighted by Crippen LogP contribution is 2.36. The molecule has 0 aromatic heterocycles. The molecule has 8 nitrogen and oxygen atoms in total. The minimum absolute atomic E-state index is 0.210. The van der Waals surface area contributed by atoms with Crippen molar-refractivity contribution in [3.63, 3.8) is 0 Å². The standard InChI is InChI=1S/C45H83O8P/c1-3-5-7-9-11-13-15-17-19-21-22-24-26-28-30-32-34-36-38-40-45(47)53-43(42-52-54(48,49)50)41-51-44(46)39-37-35-33-31-29-27-25-23-20-18-16-14-12-10-8-6-4-2/h12,14,18,20,25,27,43H,3-11,13,15-17,19,21-24,26,28-42H2,1-2H3,(H2,48,49,50)/b14-12+,20-18+,27-25+/t43-/m1/s1. The van der Waals surface area contributed by atoms with Crippen LogP contribution in [0.4, 0.5) is 0 Å². The van der Waals surface area contributed by atoms with E-state index in [1.165, 1.54) is 122 Å². The van der Waals surface area contributed by atoms with Gasteiger partial charge >= 0.3 is 19.8 Å². The van der Waals surface area contributed by atoms with Gasteiger partial charge in [-0.15, -0.1) is 0 Å². The SMILES string of the molecule is CCCCC/C=C/C/C=C/C/C=C/CCCCCCC(=O)OC[C@H](COP(=O)(O)O)OC(=O)CCCCCCCCCCCCCCCCCCCCC. The van der Waals surface area contributed by atoms with Crippen LogP contribution in [0.5, 0.6) is 0 Å². The normalized spacial score (nSPS) is 12.7. The number of unbranched alkanes of at least 4 members (excludes halogenated alkanes) is 25. The first-order chi connectivity index (χ1) is 26.3. The van der Waals surface area contributed by atoms with Crippen molar-refractivity contribution in [2.24, 2.45) is 0 Å². The number of phosphoric ester groups is 1. The van der Waals surface area contributed by atoms with Gasteiger partial charge in [0.15, 0.2) is 6.10 Å². The number of hydrogen-bond acceptors (Lipinski definition) is 6. The van der Waals surface area contributed by atoms with Crippen molar-refractivity contribution in [2.75, 3.05) is 13.2 Å². The Bertz CT molecular complexity index is 973. The Hall–Kier alpha value is -1.73. The fourth-order valence-corrected chi connectivity index (χ4v) is 6.68. The van der Waals surface area contributed by atoms with E-state index in [-0.39, 0.29) is 19.4 Å². The van der Waals surface area contributed by atoms with Gasteiger partial charge < -0.3 is 19.3 Å². The Kier molecular flexibility index (Phi) is 39.6. The first-order valence-corrected chi connectivity index (χ1v) is 23.8. The third-order valence-electron chi connectivity index (χ3n) is 9.66. The minimum atomic E-state index is -4.76. The van der Waals surface area contributed by atoms with Crippen molar-refractivity contribution >= 4 is 19.8 Å². The molecule has 0 aliphatic carbocycles. The first-order valence-electron chi connectivity index (χ1n) is 22.3. The molecule has 0 saturated carbocycles. The summed E-state index contributed by atoms with van der Waals surface area (Å²) in [6.45, 7) is 3.66. The molecule has 2 N–H and O–H groups in total. The summed E-state index contributed by atoms with van der Waals surface area (Å²) in [6, 6.07) is 0. The number of allylic oxidation sites excluding steroid dienone is 6. The van der Waals surface area contributed by atoms with E-state index in [9.17, 15) is 14.2 Å². The van der Waals surface area contributed by atoms with E-state index in [0.29, 0.717) is 12.8 Å². The summed E-state index contributed by atoms with van der Waals surface area (Å²) >= 11 is 0. The highest BCUT2D eigenvalue weighted by molar-refractivity contribution is 7.46. The Morgan fingerprint density at radius 1 is 0.481 bits per heavy atom. The number of carbonyl (C=O) groups is 2. The van der Waals surface area contributed by atoms with Gasteiger partial charge in [-0.05, 0) is 51.4 Å². The third kappa shape index (κ3) is 43.0. The van der Waals surface area contributed by atoms with E-state index < -0.39 is 32.5 Å². The van der Waals surface area contributed by atoms with Gasteiger partial charge in [-0.25, -0.2) is 4.57 Å². The van der Waals surface area contributed by atoms with Gasteiger partial charge in [-0.2, -0.15) is 0 Å². The fourth-order valence-electron chi connectivity index (χ4n) is 6.32. The maximum atomic E-state index is 12.4. The van der Waals surface area contributed by atoms with E-state index in [4.69, 9.17) is 19.3 Å². The topological polar surface area (TPSA) is 119 Å². The Balaban J connectivity index is 3.90. The number of rotatable bonds is 41. The van der Waals surface area contributed by atoms with Gasteiger partial charge in [-0.3, -0.25) is 14.1 Å². The van der Waals surface area contributed by atoms with Crippen molar-refractivity contribution in [3.05, 3.63) is 36.5 Å². The maximum Gasteiger partial charge on any atom is 0.469 e. The summed E-state index contributed by atoms with van der Waals surface area (Å²) in [4.78, 5) is 42.9. The van der Waals surface area contributed by atoms with Crippen LogP contribution in [0.2, 0.25) is 0 Å². The second-order valence-electron chi connectivity index (χ2n) is 15.0. The minimum Gasteiger partial charge on any atom is -0.462 e. The highest BCUT2D eigenvalue weighted by atomic mass is 31.2. The average Bonchev–Trinajstić information content (AvgIpc) is 3.14. The van der Waals surface area contributed by atoms with Crippen LogP contribution in [-0.4, -0.2) is 41.0 Å². The first kappa shape index (κ1) is 52.3. The summed E-state index contributed by atoms with van der Waals surface area (Å²) in [5.41, 5.74) is 0. The summed E-state index contributed by atoms with van der Waals surface area (Å²) in [6.07, 6.45) is 48.6. The Labute approximate surface area is 332 Å². The lowest BCUT2D eigenvalue weighted by atomic mass is 10.0. The molecule has 0 fully saturated rings. The molecule has 9 heteroatoms. The molecule has 0 spiro atoms. The molecule has 0 unspecified atom stereocenters. The van der Waals surface area contributed by atoms with Crippen molar-refractivity contribution in [1.29, 1.82) is 0 Å². The van der Waals surface area contributed by atoms with E-state index in [2.05, 4.69) is 54.8 Å². The van der Waals surface area contributed by atoms with Gasteiger partial charge in [0.1, 0.15) is 6.61 Å². The highest BCUT2D eigenvalue weighted by Gasteiger charge is 2.22. The van der Waals surface area contributed by atoms with E-state index in [0.717, 1.165) is 57.8 Å². The third-order valence-corrected chi connectivity index (χ3v) is 10.1. The van der Waals surface area contributed by atoms with Crippen LogP contribution < -0.4 is 0 Å². The molecule has 0 aliphatic rings. The molecule has 1 atom stereocenters. The van der Waals surface area contributed by atoms with Crippen LogP contribution in [0, 0.1) is 0 Å². The molecule has 0 rings (SSSR count). The van der Waals surface area contributed by atoms with E-state index in [1.807, 2.05) is 0 Å². The average molecular weight is 783 g/mol. The number of esters is 2. The van der Waals surface area contributed by atoms with E-state index in [1.54, 1.807) is 0 Å². The molecule has 54 heavy (non-hydrogen) atoms. The van der Waals surface area contributed by atoms with Crippen LogP contribution in [0.1, 0.15) is 219 Å². The fraction of sp³-hybridized carbons (Fsp3) is 0.822. The van der Waals surface area contributed by atoms with Crippen molar-refractivity contribution < 1.29 is 37.9 Å². The molecule has 0 saturated heterocycles. The maximum absolute atomic E-state index is 12.4. The molecule has 0 aromatic carbocycles. The van der Waals surface area contributed by atoms with Crippen LogP contribution in [-0.2, 0) is 28.2 Å². The summed E-state index contributed by atoms with van der Waals surface area (Å²) in [7, 11) is -4.76. The van der Waals surface area contributed by atoms with Crippen molar-refractivity contribution in [1.82, 2.24) is 0 Å². The lowest BCUT2D eigenvalue weighted by molar-refractivity contribution is -0.161. The molecule has 0 heterocycles. The molecule has 0 aliphatic heterocycles. The zero-order chi connectivity index (χ0) is 39.6. The lowest BCUT2D eigenvalue weighted by Gasteiger charge is -2.18.